The van der Waals surface area contributed by atoms with E-state index in [4.69, 9.17) is 0 Å². The highest BCUT2D eigenvalue weighted by Gasteiger charge is 2.35. The molecule has 3 aromatic rings. The Morgan fingerprint density at radius 2 is 1.54 bits per heavy atom. The molecule has 1 atom stereocenters. The van der Waals surface area contributed by atoms with Gasteiger partial charge in [-0.25, -0.2) is 0 Å². The zero-order valence-corrected chi connectivity index (χ0v) is 19.5. The molecule has 0 aromatic heterocycles. The highest BCUT2D eigenvalue weighted by atomic mass is 32.2. The highest BCUT2D eigenvalue weighted by Crippen LogP contribution is 2.30. The third-order valence-corrected chi connectivity index (χ3v) is 6.89. The summed E-state index contributed by atoms with van der Waals surface area (Å²) in [7, 11) is 0. The molecule has 3 aromatic carbocycles. The Morgan fingerprint density at radius 1 is 0.857 bits per heavy atom. The number of hydrogen-bond acceptors (Lipinski definition) is 5. The van der Waals surface area contributed by atoms with Gasteiger partial charge < -0.3 is 15.5 Å². The van der Waals surface area contributed by atoms with Crippen LogP contribution in [0.3, 0.4) is 0 Å². The summed E-state index contributed by atoms with van der Waals surface area (Å²) in [6, 6.07) is 22.0. The standard InChI is InChI=1S/C26H22N4O4S/c31-23-14-29(21-9-5-4-8-20(21)28-23)25(33)18-10-12-19(13-11-18)27-24(32)22-15-35-16-30(22)26(34)17-6-2-1-3-7-17/h1-13,22H,14-16H2,(H,27,32)(H,28,31)/t22-/m0/s1. The molecule has 8 nitrogen and oxygen atoms in total. The number of thioether (sulfide) groups is 1. The molecule has 0 saturated carbocycles. The van der Waals surface area contributed by atoms with Gasteiger partial charge in [-0.1, -0.05) is 30.3 Å². The second kappa shape index (κ2) is 9.63. The van der Waals surface area contributed by atoms with E-state index in [0.717, 1.165) is 0 Å². The van der Waals surface area contributed by atoms with Crippen LogP contribution in [-0.4, -0.2) is 52.7 Å². The minimum Gasteiger partial charge on any atom is -0.324 e. The smallest absolute Gasteiger partial charge is 0.258 e. The number of hydrogen-bond donors (Lipinski definition) is 2. The molecule has 35 heavy (non-hydrogen) atoms. The van der Waals surface area contributed by atoms with Gasteiger partial charge in [0.2, 0.25) is 11.8 Å². The van der Waals surface area contributed by atoms with Crippen LogP contribution in [0.1, 0.15) is 20.7 Å². The topological polar surface area (TPSA) is 98.8 Å². The lowest BCUT2D eigenvalue weighted by Crippen LogP contribution is -2.44. The second-order valence-corrected chi connectivity index (χ2v) is 9.18. The van der Waals surface area contributed by atoms with Crippen molar-refractivity contribution in [2.45, 2.75) is 6.04 Å². The molecular weight excluding hydrogens is 464 g/mol. The number of nitrogens with zero attached hydrogens (tertiary/aromatic N) is 2. The largest absolute Gasteiger partial charge is 0.324 e. The van der Waals surface area contributed by atoms with Crippen molar-refractivity contribution < 1.29 is 19.2 Å². The minimum atomic E-state index is -0.586. The summed E-state index contributed by atoms with van der Waals surface area (Å²) in [6.07, 6.45) is 0. The average Bonchev–Trinajstić information content (AvgIpc) is 3.38. The molecular formula is C26H22N4O4S. The number of para-hydroxylation sites is 2. The molecule has 2 heterocycles. The van der Waals surface area contributed by atoms with Gasteiger partial charge in [-0.3, -0.25) is 24.1 Å². The zero-order valence-electron chi connectivity index (χ0n) is 18.6. The summed E-state index contributed by atoms with van der Waals surface area (Å²) < 4.78 is 0. The summed E-state index contributed by atoms with van der Waals surface area (Å²) in [4.78, 5) is 54.0. The molecule has 0 spiro atoms. The summed E-state index contributed by atoms with van der Waals surface area (Å²) in [5.41, 5.74) is 2.68. The van der Waals surface area contributed by atoms with Gasteiger partial charge in [0.15, 0.2) is 0 Å². The first-order chi connectivity index (χ1) is 17.0. The molecule has 4 amide bonds. The average molecular weight is 487 g/mol. The Labute approximate surface area is 206 Å². The molecule has 1 saturated heterocycles. The van der Waals surface area contributed by atoms with E-state index in [1.165, 1.54) is 16.7 Å². The van der Waals surface area contributed by atoms with E-state index >= 15 is 0 Å². The van der Waals surface area contributed by atoms with E-state index in [1.54, 1.807) is 71.6 Å². The van der Waals surface area contributed by atoms with Crippen LogP contribution in [0, 0.1) is 0 Å². The van der Waals surface area contributed by atoms with Crippen LogP contribution in [-0.2, 0) is 9.59 Å². The van der Waals surface area contributed by atoms with Gasteiger partial charge in [0.05, 0.1) is 17.3 Å². The summed E-state index contributed by atoms with van der Waals surface area (Å²) in [6.45, 7) is -0.0705. The lowest BCUT2D eigenvalue weighted by atomic mass is 10.1. The zero-order chi connectivity index (χ0) is 24.4. The van der Waals surface area contributed by atoms with E-state index in [2.05, 4.69) is 10.6 Å². The fraction of sp³-hybridized carbons (Fsp3) is 0.154. The molecule has 0 bridgehead atoms. The number of fused-ring (bicyclic) bond motifs is 1. The summed E-state index contributed by atoms with van der Waals surface area (Å²) in [5.74, 6) is -0.0637. The van der Waals surface area contributed by atoms with Crippen LogP contribution in [0.2, 0.25) is 0 Å². The van der Waals surface area contributed by atoms with E-state index < -0.39 is 6.04 Å². The maximum atomic E-state index is 13.1. The van der Waals surface area contributed by atoms with Crippen molar-refractivity contribution in [1.82, 2.24) is 4.90 Å². The van der Waals surface area contributed by atoms with Crippen LogP contribution in [0.5, 0.6) is 0 Å². The predicted octanol–water partition coefficient (Wildman–Crippen LogP) is 3.44. The van der Waals surface area contributed by atoms with Gasteiger partial charge in [-0.2, -0.15) is 0 Å². The fourth-order valence-corrected chi connectivity index (χ4v) is 5.25. The van der Waals surface area contributed by atoms with E-state index in [9.17, 15) is 19.2 Å². The van der Waals surface area contributed by atoms with Crippen LogP contribution >= 0.6 is 11.8 Å². The van der Waals surface area contributed by atoms with Gasteiger partial charge in [-0.05, 0) is 48.5 Å². The molecule has 2 aliphatic rings. The van der Waals surface area contributed by atoms with Crippen LogP contribution in [0.15, 0.2) is 78.9 Å². The number of amides is 4. The molecule has 0 unspecified atom stereocenters. The highest BCUT2D eigenvalue weighted by molar-refractivity contribution is 7.99. The summed E-state index contributed by atoms with van der Waals surface area (Å²) >= 11 is 1.53. The monoisotopic (exact) mass is 486 g/mol. The number of carbonyl (C=O) groups is 4. The van der Waals surface area contributed by atoms with Crippen molar-refractivity contribution in [1.29, 1.82) is 0 Å². The number of rotatable bonds is 4. The van der Waals surface area contributed by atoms with Crippen LogP contribution in [0.25, 0.3) is 0 Å². The van der Waals surface area contributed by atoms with Crippen LogP contribution in [0.4, 0.5) is 17.1 Å². The first-order valence-electron chi connectivity index (χ1n) is 11.1. The molecule has 176 valence electrons. The number of anilines is 3. The predicted molar refractivity (Wildman–Crippen MR) is 136 cm³/mol. The van der Waals surface area contributed by atoms with E-state index in [-0.39, 0.29) is 30.2 Å². The van der Waals surface area contributed by atoms with Gasteiger partial charge in [-0.15, -0.1) is 11.8 Å². The quantitative estimate of drug-likeness (QED) is 0.589. The van der Waals surface area contributed by atoms with E-state index in [0.29, 0.717) is 39.8 Å². The molecule has 2 aliphatic heterocycles. The van der Waals surface area contributed by atoms with Gasteiger partial charge in [0.1, 0.15) is 12.6 Å². The third-order valence-electron chi connectivity index (χ3n) is 5.88. The summed E-state index contributed by atoms with van der Waals surface area (Å²) in [5, 5.41) is 5.62. The van der Waals surface area contributed by atoms with Gasteiger partial charge in [0.25, 0.3) is 11.8 Å². The Bertz CT molecular complexity index is 1300. The maximum Gasteiger partial charge on any atom is 0.258 e. The first kappa shape index (κ1) is 22.7. The van der Waals surface area contributed by atoms with E-state index in [1.807, 2.05) is 12.1 Å². The van der Waals surface area contributed by atoms with Gasteiger partial charge >= 0.3 is 0 Å². The third kappa shape index (κ3) is 4.63. The van der Waals surface area contributed by atoms with Crippen molar-refractivity contribution >= 4 is 52.5 Å². The Morgan fingerprint density at radius 3 is 2.31 bits per heavy atom. The van der Waals surface area contributed by atoms with Crippen molar-refractivity contribution in [2.75, 3.05) is 33.7 Å². The minimum absolute atomic E-state index is 0.0705. The van der Waals surface area contributed by atoms with Crippen molar-refractivity contribution in [3.05, 3.63) is 90.0 Å². The Kier molecular flexibility index (Phi) is 6.24. The fourth-order valence-electron chi connectivity index (χ4n) is 4.10. The Balaban J connectivity index is 1.27. The Hall–Kier alpha value is -4.11. The number of benzene rings is 3. The lowest BCUT2D eigenvalue weighted by Gasteiger charge is -2.29. The lowest BCUT2D eigenvalue weighted by molar-refractivity contribution is -0.119. The molecule has 1 fully saturated rings. The van der Waals surface area contributed by atoms with Crippen LogP contribution < -0.4 is 15.5 Å². The molecule has 5 rings (SSSR count). The van der Waals surface area contributed by atoms with Crippen molar-refractivity contribution in [3.8, 4) is 0 Å². The number of carbonyl (C=O) groups excluding carboxylic acids is 4. The molecule has 0 radical (unpaired) electrons. The normalized spacial score (nSPS) is 16.9. The molecule has 0 aliphatic carbocycles. The van der Waals surface area contributed by atoms with Crippen molar-refractivity contribution in [2.24, 2.45) is 0 Å². The molecule has 2 N–H and O–H groups in total. The maximum absolute atomic E-state index is 13.1. The first-order valence-corrected chi connectivity index (χ1v) is 12.2. The number of nitrogens with one attached hydrogen (secondary N) is 2. The second-order valence-electron chi connectivity index (χ2n) is 8.18. The van der Waals surface area contributed by atoms with Crippen molar-refractivity contribution in [3.63, 3.8) is 0 Å². The SMILES string of the molecule is O=C1CN(C(=O)c2ccc(NC(=O)[C@@H]3CSCN3C(=O)c3ccccc3)cc2)c2ccccc2N1. The van der Waals surface area contributed by atoms with Gasteiger partial charge in [0, 0.05) is 22.6 Å². The molecule has 9 heteroatoms.